The summed E-state index contributed by atoms with van der Waals surface area (Å²) >= 11 is 6.23. The number of likely N-dealkylation sites (tertiary alicyclic amines) is 1. The van der Waals surface area contributed by atoms with Crippen LogP contribution in [0.3, 0.4) is 0 Å². The molecule has 38 heavy (non-hydrogen) atoms. The van der Waals surface area contributed by atoms with Gasteiger partial charge in [-0.1, -0.05) is 23.7 Å². The number of carbonyl (C=O) groups is 3. The molecule has 1 aromatic heterocycles. The van der Waals surface area contributed by atoms with Gasteiger partial charge in [-0.2, -0.15) is 0 Å². The third-order valence-electron chi connectivity index (χ3n) is 6.61. The minimum atomic E-state index is -1.82. The first kappa shape index (κ1) is 27.2. The number of aliphatic carboxylic acids is 2. The molecule has 202 valence electrons. The van der Waals surface area contributed by atoms with Crippen LogP contribution in [0.5, 0.6) is 5.75 Å². The largest absolute Gasteiger partial charge is 0.482 e. The molecular weight excluding hydrogens is 519 g/mol. The van der Waals surface area contributed by atoms with Gasteiger partial charge in [-0.3, -0.25) is 4.90 Å². The van der Waals surface area contributed by atoms with Gasteiger partial charge in [0, 0.05) is 48.3 Å². The van der Waals surface area contributed by atoms with Crippen LogP contribution in [0.4, 0.5) is 9.18 Å². The van der Waals surface area contributed by atoms with Crippen molar-refractivity contribution < 1.29 is 33.7 Å². The highest BCUT2D eigenvalue weighted by Crippen LogP contribution is 2.37. The standard InChI is InChI=1S/C24H26ClFN4O2.C2H2O4/c25-17-5-8-20-19(14-17)22(15-28-20)32-23(16-3-6-18(26)7-4-16)21-2-1-10-29(21)12-13-30-11-9-27-24(30)31;3-1(4)2(5)6/h3-8,14-15,21,23,28H,1-2,9-13H2,(H,27,31);(H,3,4)(H,5,6)/t21-,23?;/m1./s1. The minimum absolute atomic E-state index is 0.00255. The number of ether oxygens (including phenoxy) is 1. The van der Waals surface area contributed by atoms with Crippen LogP contribution in [0.25, 0.3) is 10.9 Å². The number of carboxylic acids is 2. The Labute approximate surface area is 222 Å². The smallest absolute Gasteiger partial charge is 0.414 e. The van der Waals surface area contributed by atoms with E-state index in [-0.39, 0.29) is 24.0 Å². The summed E-state index contributed by atoms with van der Waals surface area (Å²) in [6.45, 7) is 3.85. The normalized spacial score (nSPS) is 18.1. The van der Waals surface area contributed by atoms with Crippen LogP contribution in [0.1, 0.15) is 24.5 Å². The van der Waals surface area contributed by atoms with Gasteiger partial charge in [0.2, 0.25) is 0 Å². The zero-order chi connectivity index (χ0) is 27.2. The molecule has 2 atom stereocenters. The summed E-state index contributed by atoms with van der Waals surface area (Å²) in [6.07, 6.45) is 3.60. The first-order valence-electron chi connectivity index (χ1n) is 12.1. The van der Waals surface area contributed by atoms with Crippen molar-refractivity contribution in [2.45, 2.75) is 25.0 Å². The molecule has 0 radical (unpaired) electrons. The predicted molar refractivity (Wildman–Crippen MR) is 138 cm³/mol. The number of hydrogen-bond acceptors (Lipinski definition) is 5. The summed E-state index contributed by atoms with van der Waals surface area (Å²) in [7, 11) is 0. The van der Waals surface area contributed by atoms with E-state index in [0.717, 1.165) is 54.7 Å². The Morgan fingerprint density at radius 2 is 1.84 bits per heavy atom. The summed E-state index contributed by atoms with van der Waals surface area (Å²) in [5, 5.41) is 19.2. The fourth-order valence-corrected chi connectivity index (χ4v) is 4.94. The number of carbonyl (C=O) groups excluding carboxylic acids is 1. The number of H-pyrrole nitrogens is 1. The number of nitrogens with zero attached hydrogens (tertiary/aromatic N) is 2. The highest BCUT2D eigenvalue weighted by molar-refractivity contribution is 6.31. The monoisotopic (exact) mass is 546 g/mol. The second-order valence-corrected chi connectivity index (χ2v) is 9.44. The maximum absolute atomic E-state index is 13.6. The van der Waals surface area contributed by atoms with Gasteiger partial charge in [-0.05, 0) is 55.3 Å². The lowest BCUT2D eigenvalue weighted by Gasteiger charge is -2.33. The molecule has 0 saturated carbocycles. The average molecular weight is 547 g/mol. The van der Waals surface area contributed by atoms with Crippen molar-refractivity contribution in [2.75, 3.05) is 32.7 Å². The molecule has 2 fully saturated rings. The van der Waals surface area contributed by atoms with Gasteiger partial charge in [-0.15, -0.1) is 0 Å². The van der Waals surface area contributed by atoms with Crippen LogP contribution < -0.4 is 10.1 Å². The molecule has 2 aromatic carbocycles. The average Bonchev–Trinajstić information content (AvgIpc) is 3.62. The molecule has 3 aromatic rings. The number of benzene rings is 2. The van der Waals surface area contributed by atoms with E-state index in [9.17, 15) is 9.18 Å². The Morgan fingerprint density at radius 1 is 1.11 bits per heavy atom. The third kappa shape index (κ3) is 6.53. The molecule has 0 aliphatic carbocycles. The fourth-order valence-electron chi connectivity index (χ4n) is 4.77. The summed E-state index contributed by atoms with van der Waals surface area (Å²) in [6, 6.07) is 12.3. The van der Waals surface area contributed by atoms with Crippen molar-refractivity contribution in [3.63, 3.8) is 0 Å². The summed E-state index contributed by atoms with van der Waals surface area (Å²) < 4.78 is 20.3. The minimum Gasteiger partial charge on any atom is -0.482 e. The number of carboxylic acid groups (broad SMARTS) is 2. The van der Waals surface area contributed by atoms with Crippen LogP contribution in [0, 0.1) is 5.82 Å². The molecule has 2 aliphatic heterocycles. The second-order valence-electron chi connectivity index (χ2n) is 9.01. The maximum Gasteiger partial charge on any atom is 0.414 e. The Balaban J connectivity index is 0.000000505. The number of halogens is 2. The number of aromatic amines is 1. The highest BCUT2D eigenvalue weighted by atomic mass is 35.5. The van der Waals surface area contributed by atoms with E-state index in [1.807, 2.05) is 29.3 Å². The lowest BCUT2D eigenvalue weighted by molar-refractivity contribution is -0.159. The molecule has 12 heteroatoms. The summed E-state index contributed by atoms with van der Waals surface area (Å²) in [4.78, 5) is 37.6. The number of nitrogens with one attached hydrogen (secondary N) is 2. The third-order valence-corrected chi connectivity index (χ3v) is 6.84. The first-order chi connectivity index (χ1) is 18.2. The molecule has 4 N–H and O–H groups in total. The first-order valence-corrected chi connectivity index (χ1v) is 12.5. The quantitative estimate of drug-likeness (QED) is 0.332. The lowest BCUT2D eigenvalue weighted by atomic mass is 9.99. The Morgan fingerprint density at radius 3 is 2.50 bits per heavy atom. The van der Waals surface area contributed by atoms with Crippen LogP contribution in [-0.4, -0.2) is 81.7 Å². The van der Waals surface area contributed by atoms with Gasteiger partial charge in [0.15, 0.2) is 0 Å². The van der Waals surface area contributed by atoms with E-state index in [1.165, 1.54) is 12.1 Å². The number of amides is 2. The number of rotatable bonds is 7. The number of aromatic nitrogens is 1. The van der Waals surface area contributed by atoms with Crippen LogP contribution >= 0.6 is 11.6 Å². The van der Waals surface area contributed by atoms with Crippen molar-refractivity contribution in [3.8, 4) is 5.75 Å². The Bertz CT molecular complexity index is 1290. The molecule has 10 nitrogen and oxygen atoms in total. The van der Waals surface area contributed by atoms with E-state index in [0.29, 0.717) is 18.1 Å². The van der Waals surface area contributed by atoms with Crippen molar-refractivity contribution in [1.29, 1.82) is 0 Å². The zero-order valence-corrected chi connectivity index (χ0v) is 21.2. The molecule has 5 rings (SSSR count). The zero-order valence-electron chi connectivity index (χ0n) is 20.4. The highest BCUT2D eigenvalue weighted by Gasteiger charge is 2.35. The number of fused-ring (bicyclic) bond motifs is 1. The molecule has 0 spiro atoms. The van der Waals surface area contributed by atoms with Crippen molar-refractivity contribution in [1.82, 2.24) is 20.1 Å². The predicted octanol–water partition coefficient (Wildman–Crippen LogP) is 3.73. The lowest BCUT2D eigenvalue weighted by Crippen LogP contribution is -2.42. The number of urea groups is 1. The molecule has 2 saturated heterocycles. The van der Waals surface area contributed by atoms with Gasteiger partial charge in [-0.25, -0.2) is 18.8 Å². The Kier molecular flexibility index (Phi) is 8.70. The molecule has 2 amide bonds. The molecular formula is C26H28ClFN4O6. The van der Waals surface area contributed by atoms with E-state index >= 15 is 0 Å². The van der Waals surface area contributed by atoms with Gasteiger partial charge in [0.05, 0.1) is 6.04 Å². The van der Waals surface area contributed by atoms with Gasteiger partial charge in [0.25, 0.3) is 0 Å². The molecule has 0 bridgehead atoms. The van der Waals surface area contributed by atoms with Crippen LogP contribution in [-0.2, 0) is 9.59 Å². The summed E-state index contributed by atoms with van der Waals surface area (Å²) in [5.41, 5.74) is 1.88. The van der Waals surface area contributed by atoms with Crippen LogP contribution in [0.2, 0.25) is 5.02 Å². The van der Waals surface area contributed by atoms with Gasteiger partial charge in [0.1, 0.15) is 17.7 Å². The van der Waals surface area contributed by atoms with Gasteiger partial charge < -0.3 is 30.2 Å². The maximum atomic E-state index is 13.6. The van der Waals surface area contributed by atoms with E-state index in [4.69, 9.17) is 36.1 Å². The topological polar surface area (TPSA) is 135 Å². The van der Waals surface area contributed by atoms with Crippen molar-refractivity contribution in [3.05, 3.63) is 65.1 Å². The van der Waals surface area contributed by atoms with Crippen molar-refractivity contribution >= 4 is 40.5 Å². The molecule has 3 heterocycles. The van der Waals surface area contributed by atoms with Gasteiger partial charge >= 0.3 is 18.0 Å². The molecule has 1 unspecified atom stereocenters. The fraction of sp³-hybridized carbons (Fsp3) is 0.346. The second kappa shape index (κ2) is 12.1. The molecule has 2 aliphatic rings. The van der Waals surface area contributed by atoms with Crippen molar-refractivity contribution in [2.24, 2.45) is 0 Å². The Hall–Kier alpha value is -3.83. The number of hydrogen-bond donors (Lipinski definition) is 4. The van der Waals surface area contributed by atoms with Crippen LogP contribution in [0.15, 0.2) is 48.7 Å². The van der Waals surface area contributed by atoms with E-state index in [1.54, 1.807) is 12.1 Å². The van der Waals surface area contributed by atoms with E-state index in [2.05, 4.69) is 15.2 Å². The van der Waals surface area contributed by atoms with E-state index < -0.39 is 11.9 Å². The summed E-state index contributed by atoms with van der Waals surface area (Å²) in [5.74, 6) is -3.19. The SMILES string of the molecule is O=C(O)C(=O)O.O=C1NCCN1CCN1CCC[C@@H]1C(Oc1c[nH]c2ccc(Cl)cc12)c1ccc(F)cc1.